The van der Waals surface area contributed by atoms with E-state index in [1.54, 1.807) is 11.2 Å². The molecular formula is C10H15N3O2. The van der Waals surface area contributed by atoms with Crippen molar-refractivity contribution in [3.63, 3.8) is 0 Å². The second kappa shape index (κ2) is 4.02. The molecule has 0 saturated carbocycles. The van der Waals surface area contributed by atoms with E-state index in [9.17, 15) is 4.79 Å². The molecule has 0 radical (unpaired) electrons. The van der Waals surface area contributed by atoms with E-state index in [4.69, 9.17) is 10.2 Å². The van der Waals surface area contributed by atoms with Crippen LogP contribution < -0.4 is 5.73 Å². The van der Waals surface area contributed by atoms with Crippen LogP contribution in [0.1, 0.15) is 30.5 Å². The Kier molecular flexibility index (Phi) is 2.73. The fraction of sp³-hybridized carbons (Fsp3) is 0.600. The third kappa shape index (κ3) is 1.87. The minimum Gasteiger partial charge on any atom is -0.446 e. The lowest BCUT2D eigenvalue weighted by atomic mass is 10.2. The summed E-state index contributed by atoms with van der Waals surface area (Å²) in [5.41, 5.74) is 6.20. The molecule has 1 unspecified atom stereocenters. The van der Waals surface area contributed by atoms with Crippen LogP contribution >= 0.6 is 0 Å². The number of nitrogens with zero attached hydrogens (tertiary/aromatic N) is 2. The standard InChI is InChI=1S/C10H15N3O2/c1-7-6-15-10(12-7)8-3-2-4-13(8)9(14)5-11/h6,8H,2-5,11H2,1H3. The zero-order valence-corrected chi connectivity index (χ0v) is 8.77. The average Bonchev–Trinajstić information content (AvgIpc) is 2.84. The molecule has 1 aliphatic rings. The topological polar surface area (TPSA) is 72.4 Å². The molecule has 1 saturated heterocycles. The van der Waals surface area contributed by atoms with Gasteiger partial charge in [-0.2, -0.15) is 0 Å². The maximum absolute atomic E-state index is 11.5. The molecule has 2 rings (SSSR count). The molecule has 0 aromatic carbocycles. The number of amides is 1. The van der Waals surface area contributed by atoms with Gasteiger partial charge in [0, 0.05) is 6.54 Å². The molecule has 1 fully saturated rings. The fourth-order valence-electron chi connectivity index (χ4n) is 1.96. The molecule has 5 heteroatoms. The molecule has 0 spiro atoms. The summed E-state index contributed by atoms with van der Waals surface area (Å²) in [5.74, 6) is 0.597. The maximum Gasteiger partial charge on any atom is 0.236 e. The Morgan fingerprint density at radius 1 is 1.80 bits per heavy atom. The fourth-order valence-corrected chi connectivity index (χ4v) is 1.96. The van der Waals surface area contributed by atoms with Crippen LogP contribution in [-0.2, 0) is 4.79 Å². The van der Waals surface area contributed by atoms with Crippen LogP contribution in [0.2, 0.25) is 0 Å². The van der Waals surface area contributed by atoms with Gasteiger partial charge in [-0.3, -0.25) is 4.79 Å². The summed E-state index contributed by atoms with van der Waals surface area (Å²) in [7, 11) is 0. The lowest BCUT2D eigenvalue weighted by molar-refractivity contribution is -0.131. The molecule has 1 aliphatic heterocycles. The maximum atomic E-state index is 11.5. The molecule has 2 heterocycles. The Bertz CT molecular complexity index is 361. The molecule has 0 bridgehead atoms. The van der Waals surface area contributed by atoms with Crippen molar-refractivity contribution in [3.8, 4) is 0 Å². The number of hydrogen-bond acceptors (Lipinski definition) is 4. The molecule has 82 valence electrons. The van der Waals surface area contributed by atoms with Gasteiger partial charge in [-0.15, -0.1) is 0 Å². The second-order valence-electron chi connectivity index (χ2n) is 3.78. The van der Waals surface area contributed by atoms with Crippen LogP contribution in [0, 0.1) is 6.92 Å². The second-order valence-corrected chi connectivity index (χ2v) is 3.78. The molecule has 15 heavy (non-hydrogen) atoms. The molecule has 0 aliphatic carbocycles. The highest BCUT2D eigenvalue weighted by Crippen LogP contribution is 2.30. The first kappa shape index (κ1) is 10.2. The Morgan fingerprint density at radius 2 is 2.60 bits per heavy atom. The third-order valence-electron chi connectivity index (χ3n) is 2.67. The molecule has 1 aromatic heterocycles. The summed E-state index contributed by atoms with van der Waals surface area (Å²) in [4.78, 5) is 17.5. The number of aromatic nitrogens is 1. The first-order chi connectivity index (χ1) is 7.22. The van der Waals surface area contributed by atoms with Gasteiger partial charge in [0.1, 0.15) is 12.3 Å². The van der Waals surface area contributed by atoms with Gasteiger partial charge in [-0.05, 0) is 19.8 Å². The van der Waals surface area contributed by atoms with Gasteiger partial charge in [0.15, 0.2) is 0 Å². The third-order valence-corrected chi connectivity index (χ3v) is 2.67. The zero-order valence-electron chi connectivity index (χ0n) is 8.77. The summed E-state index contributed by atoms with van der Waals surface area (Å²) >= 11 is 0. The van der Waals surface area contributed by atoms with Gasteiger partial charge in [-0.1, -0.05) is 0 Å². The monoisotopic (exact) mass is 209 g/mol. The van der Waals surface area contributed by atoms with Gasteiger partial charge >= 0.3 is 0 Å². The molecule has 5 nitrogen and oxygen atoms in total. The number of oxazole rings is 1. The van der Waals surface area contributed by atoms with E-state index in [1.807, 2.05) is 6.92 Å². The highest BCUT2D eigenvalue weighted by atomic mass is 16.3. The quantitative estimate of drug-likeness (QED) is 0.774. The van der Waals surface area contributed by atoms with Gasteiger partial charge in [0.2, 0.25) is 11.8 Å². The zero-order chi connectivity index (χ0) is 10.8. The van der Waals surface area contributed by atoms with E-state index in [0.29, 0.717) is 5.89 Å². The summed E-state index contributed by atoms with van der Waals surface area (Å²) < 4.78 is 5.33. The predicted octanol–water partition coefficient (Wildman–Crippen LogP) is 0.605. The van der Waals surface area contributed by atoms with Gasteiger partial charge < -0.3 is 15.1 Å². The normalized spacial score (nSPS) is 20.9. The molecule has 1 atom stereocenters. The molecule has 1 amide bonds. The Morgan fingerprint density at radius 3 is 3.20 bits per heavy atom. The Balaban J connectivity index is 2.18. The number of hydrogen-bond donors (Lipinski definition) is 1. The number of rotatable bonds is 2. The van der Waals surface area contributed by atoms with E-state index in [-0.39, 0.29) is 18.5 Å². The predicted molar refractivity (Wildman–Crippen MR) is 54.0 cm³/mol. The Hall–Kier alpha value is -1.36. The van der Waals surface area contributed by atoms with E-state index < -0.39 is 0 Å². The highest BCUT2D eigenvalue weighted by Gasteiger charge is 2.32. The van der Waals surface area contributed by atoms with Gasteiger partial charge in [-0.25, -0.2) is 4.98 Å². The van der Waals surface area contributed by atoms with Gasteiger partial charge in [0.05, 0.1) is 12.2 Å². The number of nitrogens with two attached hydrogens (primary N) is 1. The van der Waals surface area contributed by atoms with Crippen LogP contribution in [-0.4, -0.2) is 28.9 Å². The highest BCUT2D eigenvalue weighted by molar-refractivity contribution is 5.78. The molecular weight excluding hydrogens is 194 g/mol. The SMILES string of the molecule is Cc1coc(C2CCCN2C(=O)CN)n1. The van der Waals surface area contributed by atoms with Crippen molar-refractivity contribution in [2.24, 2.45) is 5.73 Å². The van der Waals surface area contributed by atoms with E-state index in [1.165, 1.54) is 0 Å². The minimum absolute atomic E-state index is 0.0188. The number of likely N-dealkylation sites (tertiary alicyclic amines) is 1. The molecule has 2 N–H and O–H groups in total. The number of carbonyl (C=O) groups is 1. The van der Waals surface area contributed by atoms with Crippen molar-refractivity contribution in [2.75, 3.05) is 13.1 Å². The van der Waals surface area contributed by atoms with Crippen molar-refractivity contribution >= 4 is 5.91 Å². The Labute approximate surface area is 88.3 Å². The first-order valence-corrected chi connectivity index (χ1v) is 5.14. The van der Waals surface area contributed by atoms with E-state index >= 15 is 0 Å². The van der Waals surface area contributed by atoms with Crippen LogP contribution in [0.5, 0.6) is 0 Å². The van der Waals surface area contributed by atoms with Crippen molar-refractivity contribution in [1.29, 1.82) is 0 Å². The van der Waals surface area contributed by atoms with Crippen molar-refractivity contribution in [3.05, 3.63) is 17.8 Å². The number of aryl methyl sites for hydroxylation is 1. The summed E-state index contributed by atoms with van der Waals surface area (Å²) in [6.07, 6.45) is 3.50. The van der Waals surface area contributed by atoms with Crippen LogP contribution in [0.25, 0.3) is 0 Å². The van der Waals surface area contributed by atoms with Crippen molar-refractivity contribution in [1.82, 2.24) is 9.88 Å². The molecule has 1 aromatic rings. The van der Waals surface area contributed by atoms with E-state index in [2.05, 4.69) is 4.98 Å². The number of carbonyl (C=O) groups excluding carboxylic acids is 1. The van der Waals surface area contributed by atoms with E-state index in [0.717, 1.165) is 25.1 Å². The van der Waals surface area contributed by atoms with Crippen LogP contribution in [0.4, 0.5) is 0 Å². The first-order valence-electron chi connectivity index (χ1n) is 5.14. The summed E-state index contributed by atoms with van der Waals surface area (Å²) in [5, 5.41) is 0. The summed E-state index contributed by atoms with van der Waals surface area (Å²) in [6.45, 7) is 2.68. The lowest BCUT2D eigenvalue weighted by Gasteiger charge is -2.21. The van der Waals surface area contributed by atoms with Gasteiger partial charge in [0.25, 0.3) is 0 Å². The van der Waals surface area contributed by atoms with Crippen LogP contribution in [0.15, 0.2) is 10.7 Å². The average molecular weight is 209 g/mol. The summed E-state index contributed by atoms with van der Waals surface area (Å²) in [6, 6.07) is -0.0188. The smallest absolute Gasteiger partial charge is 0.236 e. The van der Waals surface area contributed by atoms with Crippen LogP contribution in [0.3, 0.4) is 0 Å². The van der Waals surface area contributed by atoms with Crippen molar-refractivity contribution < 1.29 is 9.21 Å². The van der Waals surface area contributed by atoms with Crippen molar-refractivity contribution in [2.45, 2.75) is 25.8 Å². The largest absolute Gasteiger partial charge is 0.446 e. The minimum atomic E-state index is -0.0339. The lowest BCUT2D eigenvalue weighted by Crippen LogP contribution is -2.35.